The minimum Gasteiger partial charge on any atom is -0.356 e. The number of rotatable bonds is 3. The lowest BCUT2D eigenvalue weighted by Gasteiger charge is -2.24. The van der Waals surface area contributed by atoms with Gasteiger partial charge in [0, 0.05) is 16.3 Å². The quantitative estimate of drug-likeness (QED) is 0.920. The zero-order valence-electron chi connectivity index (χ0n) is 11.4. The topological polar surface area (TPSA) is 37.3 Å². The Kier molecular flexibility index (Phi) is 4.67. The number of thiazole rings is 1. The van der Waals surface area contributed by atoms with Gasteiger partial charge in [-0.1, -0.05) is 25.6 Å². The van der Waals surface area contributed by atoms with E-state index in [1.54, 1.807) is 11.3 Å². The third kappa shape index (κ3) is 3.48. The summed E-state index contributed by atoms with van der Waals surface area (Å²) in [7, 11) is 0. The number of thioether (sulfide) groups is 1. The molecule has 1 aliphatic rings. The van der Waals surface area contributed by atoms with Crippen molar-refractivity contribution in [1.82, 2.24) is 10.3 Å². The maximum atomic E-state index is 4.67. The van der Waals surface area contributed by atoms with Crippen LogP contribution in [0.15, 0.2) is 11.2 Å². The molecule has 100 valence electrons. The number of aliphatic imine (C=N–C) groups is 1. The molecule has 5 heteroatoms. The summed E-state index contributed by atoms with van der Waals surface area (Å²) < 4.78 is 0. The first-order chi connectivity index (χ1) is 8.58. The van der Waals surface area contributed by atoms with Crippen molar-refractivity contribution < 1.29 is 0 Å². The number of nitrogens with zero attached hydrogens (tertiary/aromatic N) is 2. The third-order valence-electron chi connectivity index (χ3n) is 2.95. The van der Waals surface area contributed by atoms with Crippen LogP contribution in [0.1, 0.15) is 50.0 Å². The van der Waals surface area contributed by atoms with Crippen molar-refractivity contribution in [1.29, 1.82) is 0 Å². The Morgan fingerprint density at radius 3 is 2.89 bits per heavy atom. The molecular formula is C13H21N3S2. The number of amidine groups is 1. The van der Waals surface area contributed by atoms with Crippen LogP contribution in [-0.4, -0.2) is 21.4 Å². The molecule has 1 aliphatic heterocycles. The molecule has 18 heavy (non-hydrogen) atoms. The molecule has 1 N–H and O–H groups in total. The molecule has 0 radical (unpaired) electrons. The molecule has 0 bridgehead atoms. The first kappa shape index (κ1) is 13.9. The highest BCUT2D eigenvalue weighted by Crippen LogP contribution is 2.26. The Bertz CT molecular complexity index is 428. The fraction of sp³-hybridized carbons (Fsp3) is 0.692. The molecule has 0 aromatic carbocycles. The fourth-order valence-electron chi connectivity index (χ4n) is 2.01. The van der Waals surface area contributed by atoms with E-state index in [4.69, 9.17) is 0 Å². The molecule has 1 aromatic heterocycles. The lowest BCUT2D eigenvalue weighted by atomic mass is 10.2. The third-order valence-corrected chi connectivity index (χ3v) is 5.32. The van der Waals surface area contributed by atoms with Gasteiger partial charge in [-0.25, -0.2) is 4.98 Å². The van der Waals surface area contributed by atoms with Crippen molar-refractivity contribution in [2.24, 2.45) is 4.99 Å². The van der Waals surface area contributed by atoms with Crippen LogP contribution in [0.25, 0.3) is 0 Å². The minimum absolute atomic E-state index is 0.249. The Morgan fingerprint density at radius 2 is 2.28 bits per heavy atom. The molecule has 2 heterocycles. The first-order valence-corrected chi connectivity index (χ1v) is 8.23. The summed E-state index contributed by atoms with van der Waals surface area (Å²) in [6.45, 7) is 8.77. The Balaban J connectivity index is 2.00. The molecule has 0 fully saturated rings. The predicted molar refractivity (Wildman–Crippen MR) is 81.6 cm³/mol. The normalized spacial score (nSPS) is 25.7. The van der Waals surface area contributed by atoms with Crippen LogP contribution >= 0.6 is 23.1 Å². The van der Waals surface area contributed by atoms with E-state index in [1.165, 1.54) is 11.3 Å². The number of nitrogens with one attached hydrogen (secondary N) is 1. The fourth-order valence-corrected chi connectivity index (χ4v) is 4.11. The number of aryl methyl sites for hydroxylation is 1. The molecule has 0 spiro atoms. The maximum Gasteiger partial charge on any atom is 0.157 e. The second-order valence-electron chi connectivity index (χ2n) is 4.83. The van der Waals surface area contributed by atoms with Crippen molar-refractivity contribution in [2.75, 3.05) is 0 Å². The first-order valence-electron chi connectivity index (χ1n) is 6.54. The average molecular weight is 283 g/mol. The summed E-state index contributed by atoms with van der Waals surface area (Å²) in [5, 5.41) is 6.37. The van der Waals surface area contributed by atoms with E-state index < -0.39 is 0 Å². The van der Waals surface area contributed by atoms with Crippen molar-refractivity contribution in [3.8, 4) is 0 Å². The van der Waals surface area contributed by atoms with Gasteiger partial charge in [-0.3, -0.25) is 4.99 Å². The van der Waals surface area contributed by atoms with E-state index in [0.29, 0.717) is 11.3 Å². The van der Waals surface area contributed by atoms with Gasteiger partial charge in [0.1, 0.15) is 5.01 Å². The molecular weight excluding hydrogens is 262 g/mol. The van der Waals surface area contributed by atoms with Crippen LogP contribution in [0.5, 0.6) is 0 Å². The summed E-state index contributed by atoms with van der Waals surface area (Å²) in [5.41, 5.74) is 0. The van der Waals surface area contributed by atoms with Crippen molar-refractivity contribution >= 4 is 28.3 Å². The standard InChI is InChI=1S/C13H21N3S2/c1-5-11-7-14-12(18-11)10(4)16-13-15-8(2)6-9(3)17-13/h7-10H,5-6H2,1-4H3,(H,15,16). The Hall–Kier alpha value is -0.550. The van der Waals surface area contributed by atoms with E-state index in [-0.39, 0.29) is 6.04 Å². The monoisotopic (exact) mass is 283 g/mol. The number of aromatic nitrogens is 1. The molecule has 2 rings (SSSR count). The molecule has 0 aliphatic carbocycles. The van der Waals surface area contributed by atoms with E-state index in [2.05, 4.69) is 43.0 Å². The number of hydrogen-bond acceptors (Lipinski definition) is 5. The van der Waals surface area contributed by atoms with Gasteiger partial charge in [0.15, 0.2) is 5.17 Å². The zero-order valence-corrected chi connectivity index (χ0v) is 13.1. The SMILES string of the molecule is CCc1cnc(C(C)NC2=NC(C)CC(C)S2)s1. The molecule has 3 unspecified atom stereocenters. The molecule has 0 amide bonds. The van der Waals surface area contributed by atoms with Crippen LogP contribution in [0, 0.1) is 0 Å². The highest BCUT2D eigenvalue weighted by Gasteiger charge is 2.20. The summed E-state index contributed by atoms with van der Waals surface area (Å²) in [4.78, 5) is 10.5. The van der Waals surface area contributed by atoms with E-state index in [0.717, 1.165) is 16.6 Å². The molecule has 0 saturated carbocycles. The highest BCUT2D eigenvalue weighted by molar-refractivity contribution is 8.14. The van der Waals surface area contributed by atoms with Gasteiger partial charge in [-0.15, -0.1) is 11.3 Å². The van der Waals surface area contributed by atoms with Crippen molar-refractivity contribution in [3.63, 3.8) is 0 Å². The zero-order chi connectivity index (χ0) is 13.1. The average Bonchev–Trinajstić information content (AvgIpc) is 2.75. The predicted octanol–water partition coefficient (Wildman–Crippen LogP) is 3.63. The maximum absolute atomic E-state index is 4.67. The van der Waals surface area contributed by atoms with Crippen LogP contribution in [0.3, 0.4) is 0 Å². The van der Waals surface area contributed by atoms with Crippen molar-refractivity contribution in [3.05, 3.63) is 16.1 Å². The summed E-state index contributed by atoms with van der Waals surface area (Å²) in [6, 6.07) is 0.678. The van der Waals surface area contributed by atoms with Gasteiger partial charge in [0.2, 0.25) is 0 Å². The van der Waals surface area contributed by atoms with Gasteiger partial charge in [-0.2, -0.15) is 0 Å². The molecule has 0 saturated heterocycles. The summed E-state index contributed by atoms with van der Waals surface area (Å²) >= 11 is 3.63. The van der Waals surface area contributed by atoms with Gasteiger partial charge >= 0.3 is 0 Å². The molecule has 3 nitrogen and oxygen atoms in total. The largest absolute Gasteiger partial charge is 0.356 e. The second kappa shape index (κ2) is 6.06. The van der Waals surface area contributed by atoms with E-state index in [9.17, 15) is 0 Å². The lowest BCUT2D eigenvalue weighted by molar-refractivity contribution is 0.642. The van der Waals surface area contributed by atoms with E-state index in [1.807, 2.05) is 18.0 Å². The second-order valence-corrected chi connectivity index (χ2v) is 7.41. The van der Waals surface area contributed by atoms with Crippen LogP contribution in [0.2, 0.25) is 0 Å². The molecule has 3 atom stereocenters. The van der Waals surface area contributed by atoms with Gasteiger partial charge < -0.3 is 5.32 Å². The summed E-state index contributed by atoms with van der Waals surface area (Å²) in [5.74, 6) is 0. The van der Waals surface area contributed by atoms with Crippen molar-refractivity contribution in [2.45, 2.75) is 57.9 Å². The molecule has 1 aromatic rings. The van der Waals surface area contributed by atoms with Gasteiger partial charge in [-0.05, 0) is 26.7 Å². The lowest BCUT2D eigenvalue weighted by Crippen LogP contribution is -2.30. The Morgan fingerprint density at radius 1 is 1.50 bits per heavy atom. The van der Waals surface area contributed by atoms with Gasteiger partial charge in [0.05, 0.1) is 12.1 Å². The van der Waals surface area contributed by atoms with Crippen LogP contribution < -0.4 is 5.32 Å². The highest BCUT2D eigenvalue weighted by atomic mass is 32.2. The number of hydrogen-bond donors (Lipinski definition) is 1. The van der Waals surface area contributed by atoms with Crippen LogP contribution in [-0.2, 0) is 6.42 Å². The van der Waals surface area contributed by atoms with E-state index >= 15 is 0 Å². The smallest absolute Gasteiger partial charge is 0.157 e. The minimum atomic E-state index is 0.249. The summed E-state index contributed by atoms with van der Waals surface area (Å²) in [6.07, 6.45) is 4.22. The Labute approximate surface area is 118 Å². The van der Waals surface area contributed by atoms with Gasteiger partial charge in [0.25, 0.3) is 0 Å². The van der Waals surface area contributed by atoms with Crippen LogP contribution in [0.4, 0.5) is 0 Å².